The zero-order valence-corrected chi connectivity index (χ0v) is 12.3. The van der Waals surface area contributed by atoms with Gasteiger partial charge in [-0.05, 0) is 35.6 Å². The van der Waals surface area contributed by atoms with Crippen LogP contribution in [0.5, 0.6) is 0 Å². The van der Waals surface area contributed by atoms with Crippen molar-refractivity contribution in [2.24, 2.45) is 0 Å². The number of fused-ring (bicyclic) bond motifs is 1. The summed E-state index contributed by atoms with van der Waals surface area (Å²) in [5, 5.41) is 6.48. The number of rotatable bonds is 3. The third-order valence-electron chi connectivity index (χ3n) is 3.41. The largest absolute Gasteiger partial charge is 0.335 e. The van der Waals surface area contributed by atoms with Gasteiger partial charge in [-0.15, -0.1) is 11.3 Å². The number of aryl methyl sites for hydroxylation is 1. The molecule has 0 aliphatic rings. The maximum absolute atomic E-state index is 4.71. The molecule has 0 unspecified atom stereocenters. The van der Waals surface area contributed by atoms with Gasteiger partial charge in [-0.25, -0.2) is 9.67 Å². The van der Waals surface area contributed by atoms with E-state index in [9.17, 15) is 0 Å². The van der Waals surface area contributed by atoms with Crippen LogP contribution < -0.4 is 0 Å². The average Bonchev–Trinajstić information content (AvgIpc) is 3.17. The molecule has 21 heavy (non-hydrogen) atoms. The molecule has 6 heteroatoms. The van der Waals surface area contributed by atoms with Crippen molar-refractivity contribution in [2.75, 3.05) is 0 Å². The van der Waals surface area contributed by atoms with Crippen LogP contribution in [0.4, 0.5) is 0 Å². The second kappa shape index (κ2) is 4.82. The number of nitrogens with zero attached hydrogens (tertiary/aromatic N) is 4. The molecule has 0 bridgehead atoms. The number of thiophene rings is 1. The third kappa shape index (κ3) is 2.13. The molecular weight excluding hydrogens is 282 g/mol. The van der Waals surface area contributed by atoms with Gasteiger partial charge in [0.2, 0.25) is 0 Å². The van der Waals surface area contributed by atoms with Gasteiger partial charge in [-0.2, -0.15) is 5.10 Å². The summed E-state index contributed by atoms with van der Waals surface area (Å²) >= 11 is 1.70. The summed E-state index contributed by atoms with van der Waals surface area (Å²) in [5.74, 6) is 0.912. The van der Waals surface area contributed by atoms with Crippen molar-refractivity contribution in [2.45, 2.75) is 13.5 Å². The lowest BCUT2D eigenvalue weighted by Crippen LogP contribution is -2.02. The van der Waals surface area contributed by atoms with Gasteiger partial charge in [0, 0.05) is 12.4 Å². The summed E-state index contributed by atoms with van der Waals surface area (Å²) in [6.45, 7) is 2.77. The highest BCUT2D eigenvalue weighted by Crippen LogP contribution is 2.28. The van der Waals surface area contributed by atoms with E-state index in [1.54, 1.807) is 17.5 Å². The molecule has 0 atom stereocenters. The lowest BCUT2D eigenvalue weighted by Gasteiger charge is -2.01. The SMILES string of the molecule is Cc1ccsc1-c1nc2c(cnn2Cc2cccnc2)[nH]1. The second-order valence-corrected chi connectivity index (χ2v) is 5.84. The molecule has 0 aliphatic carbocycles. The van der Waals surface area contributed by atoms with Gasteiger partial charge in [0.15, 0.2) is 11.5 Å². The predicted molar refractivity (Wildman–Crippen MR) is 83.3 cm³/mol. The first-order chi connectivity index (χ1) is 10.3. The van der Waals surface area contributed by atoms with Crippen molar-refractivity contribution in [1.82, 2.24) is 24.7 Å². The van der Waals surface area contributed by atoms with Crippen LogP contribution in [0.2, 0.25) is 0 Å². The first kappa shape index (κ1) is 12.3. The van der Waals surface area contributed by atoms with Crippen LogP contribution >= 0.6 is 11.3 Å². The number of imidazole rings is 1. The van der Waals surface area contributed by atoms with E-state index < -0.39 is 0 Å². The molecule has 0 radical (unpaired) electrons. The van der Waals surface area contributed by atoms with Crippen molar-refractivity contribution < 1.29 is 0 Å². The maximum atomic E-state index is 4.71. The molecule has 4 aromatic heterocycles. The molecule has 0 spiro atoms. The summed E-state index contributed by atoms with van der Waals surface area (Å²) in [5.41, 5.74) is 4.19. The number of nitrogens with one attached hydrogen (secondary N) is 1. The fraction of sp³-hybridized carbons (Fsp3) is 0.133. The number of hydrogen-bond acceptors (Lipinski definition) is 4. The minimum absolute atomic E-state index is 0.672. The van der Waals surface area contributed by atoms with Gasteiger partial charge in [0.1, 0.15) is 5.52 Å². The number of pyridine rings is 1. The zero-order valence-electron chi connectivity index (χ0n) is 11.4. The standard InChI is InChI=1S/C15H13N5S/c1-10-4-6-21-13(10)14-18-12-8-17-20(15(12)19-14)9-11-3-2-5-16-7-11/h2-8H,9H2,1H3,(H,18,19). The molecule has 0 amide bonds. The Morgan fingerprint density at radius 2 is 2.24 bits per heavy atom. The molecule has 4 aromatic rings. The molecule has 0 aliphatic heterocycles. The topological polar surface area (TPSA) is 59.4 Å². The Bertz CT molecular complexity index is 887. The van der Waals surface area contributed by atoms with Crippen LogP contribution in [0.25, 0.3) is 21.9 Å². The molecule has 0 saturated carbocycles. The van der Waals surface area contributed by atoms with Gasteiger partial charge in [0.25, 0.3) is 0 Å². The molecule has 0 saturated heterocycles. The lowest BCUT2D eigenvalue weighted by atomic mass is 10.3. The fourth-order valence-corrected chi connectivity index (χ4v) is 3.22. The van der Waals surface area contributed by atoms with Crippen molar-refractivity contribution in [1.29, 1.82) is 0 Å². The Kier molecular flexibility index (Phi) is 2.82. The smallest absolute Gasteiger partial charge is 0.177 e. The first-order valence-corrected chi connectivity index (χ1v) is 7.54. The highest BCUT2D eigenvalue weighted by atomic mass is 32.1. The first-order valence-electron chi connectivity index (χ1n) is 6.66. The average molecular weight is 295 g/mol. The number of H-pyrrole nitrogens is 1. The van der Waals surface area contributed by atoms with Crippen molar-refractivity contribution in [3.8, 4) is 10.7 Å². The Balaban J connectivity index is 1.75. The Morgan fingerprint density at radius 3 is 3.00 bits per heavy atom. The molecule has 5 nitrogen and oxygen atoms in total. The molecule has 104 valence electrons. The monoisotopic (exact) mass is 295 g/mol. The van der Waals surface area contributed by atoms with E-state index in [-0.39, 0.29) is 0 Å². The van der Waals surface area contributed by atoms with Crippen LogP contribution in [0.15, 0.2) is 42.2 Å². The van der Waals surface area contributed by atoms with E-state index in [4.69, 9.17) is 4.98 Å². The van der Waals surface area contributed by atoms with Gasteiger partial charge >= 0.3 is 0 Å². The Hall–Kier alpha value is -2.47. The second-order valence-electron chi connectivity index (χ2n) is 4.92. The summed E-state index contributed by atoms with van der Waals surface area (Å²) in [7, 11) is 0. The van der Waals surface area contributed by atoms with E-state index >= 15 is 0 Å². The quantitative estimate of drug-likeness (QED) is 0.631. The predicted octanol–water partition coefficient (Wildman–Crippen LogP) is 3.24. The summed E-state index contributed by atoms with van der Waals surface area (Å²) in [4.78, 5) is 13.4. The van der Waals surface area contributed by atoms with Crippen LogP contribution in [-0.2, 0) is 6.54 Å². The molecule has 4 rings (SSSR count). The van der Waals surface area contributed by atoms with Gasteiger partial charge < -0.3 is 4.98 Å². The van der Waals surface area contributed by atoms with E-state index in [1.807, 2.05) is 29.2 Å². The Morgan fingerprint density at radius 1 is 1.29 bits per heavy atom. The minimum Gasteiger partial charge on any atom is -0.335 e. The lowest BCUT2D eigenvalue weighted by molar-refractivity contribution is 0.702. The van der Waals surface area contributed by atoms with Crippen LogP contribution in [-0.4, -0.2) is 24.7 Å². The molecule has 0 aromatic carbocycles. The molecule has 1 N–H and O–H groups in total. The van der Waals surface area contributed by atoms with E-state index in [0.29, 0.717) is 6.54 Å². The molecule has 0 fully saturated rings. The van der Waals surface area contributed by atoms with Crippen molar-refractivity contribution in [3.63, 3.8) is 0 Å². The van der Waals surface area contributed by atoms with Gasteiger partial charge in [-0.3, -0.25) is 4.98 Å². The van der Waals surface area contributed by atoms with E-state index in [2.05, 4.69) is 33.4 Å². The summed E-state index contributed by atoms with van der Waals surface area (Å²) < 4.78 is 1.90. The maximum Gasteiger partial charge on any atom is 0.177 e. The highest BCUT2D eigenvalue weighted by molar-refractivity contribution is 7.13. The van der Waals surface area contributed by atoms with E-state index in [1.165, 1.54) is 10.4 Å². The van der Waals surface area contributed by atoms with Gasteiger partial charge in [0.05, 0.1) is 17.6 Å². The molecular formula is C15H13N5S. The minimum atomic E-state index is 0.672. The zero-order chi connectivity index (χ0) is 14.2. The number of aromatic amines is 1. The van der Waals surface area contributed by atoms with Crippen LogP contribution in [0.1, 0.15) is 11.1 Å². The van der Waals surface area contributed by atoms with Crippen molar-refractivity contribution in [3.05, 3.63) is 53.3 Å². The number of aromatic nitrogens is 5. The Labute approximate surface area is 125 Å². The summed E-state index contributed by atoms with van der Waals surface area (Å²) in [6, 6.07) is 6.08. The third-order valence-corrected chi connectivity index (χ3v) is 4.44. The summed E-state index contributed by atoms with van der Waals surface area (Å²) in [6.07, 6.45) is 5.45. The van der Waals surface area contributed by atoms with Crippen LogP contribution in [0, 0.1) is 6.92 Å². The normalized spacial score (nSPS) is 11.3. The number of hydrogen-bond donors (Lipinski definition) is 1. The van der Waals surface area contributed by atoms with Gasteiger partial charge in [-0.1, -0.05) is 6.07 Å². The van der Waals surface area contributed by atoms with Crippen molar-refractivity contribution >= 4 is 22.5 Å². The van der Waals surface area contributed by atoms with E-state index in [0.717, 1.165) is 22.6 Å². The molecule has 4 heterocycles. The fourth-order valence-electron chi connectivity index (χ4n) is 2.35. The highest BCUT2D eigenvalue weighted by Gasteiger charge is 2.13. The van der Waals surface area contributed by atoms with Crippen LogP contribution in [0.3, 0.4) is 0 Å².